The van der Waals surface area contributed by atoms with Crippen LogP contribution in [-0.2, 0) is 25.6 Å². The Bertz CT molecular complexity index is 970. The molecule has 0 bridgehead atoms. The van der Waals surface area contributed by atoms with E-state index in [-0.39, 0.29) is 42.8 Å². The predicted octanol–water partition coefficient (Wildman–Crippen LogP) is -1.17. The van der Waals surface area contributed by atoms with E-state index in [1.807, 2.05) is 13.8 Å². The second kappa shape index (κ2) is 16.3. The van der Waals surface area contributed by atoms with Crippen molar-refractivity contribution in [3.8, 4) is 5.75 Å². The largest absolute Gasteiger partial charge is 0.508 e. The summed E-state index contributed by atoms with van der Waals surface area (Å²) in [5, 5.41) is 26.5. The lowest BCUT2D eigenvalue weighted by atomic mass is 10.0. The first-order chi connectivity index (χ1) is 17.8. The lowest BCUT2D eigenvalue weighted by Crippen LogP contribution is -2.58. The summed E-state index contributed by atoms with van der Waals surface area (Å²) < 4.78 is 0. The number of thiol groups is 1. The first kappa shape index (κ1) is 32.5. The molecule has 0 aliphatic carbocycles. The zero-order valence-electron chi connectivity index (χ0n) is 21.6. The number of carboxylic acids is 1. The summed E-state index contributed by atoms with van der Waals surface area (Å²) in [6.45, 7) is 4.03. The third-order valence-electron chi connectivity index (χ3n) is 5.45. The van der Waals surface area contributed by atoms with Gasteiger partial charge in [0.25, 0.3) is 0 Å². The van der Waals surface area contributed by atoms with Gasteiger partial charge in [0, 0.05) is 18.7 Å². The number of phenolic OH excluding ortho intramolecular Hbond substituents is 1. The van der Waals surface area contributed by atoms with Crippen molar-refractivity contribution in [1.82, 2.24) is 16.0 Å². The lowest BCUT2D eigenvalue weighted by Gasteiger charge is -2.25. The van der Waals surface area contributed by atoms with Crippen molar-refractivity contribution < 1.29 is 29.4 Å². The Labute approximate surface area is 227 Å². The van der Waals surface area contributed by atoms with Gasteiger partial charge in [-0.25, -0.2) is 4.79 Å². The van der Waals surface area contributed by atoms with Crippen molar-refractivity contribution >= 4 is 42.3 Å². The average molecular weight is 554 g/mol. The molecular formula is C24H39N7O6S. The highest BCUT2D eigenvalue weighted by molar-refractivity contribution is 7.80. The number of carbonyl (C=O) groups excluding carboxylic acids is 3. The van der Waals surface area contributed by atoms with Gasteiger partial charge in [-0.2, -0.15) is 12.6 Å². The second-order valence-electron chi connectivity index (χ2n) is 9.26. The Morgan fingerprint density at radius 3 is 2.03 bits per heavy atom. The second-order valence-corrected chi connectivity index (χ2v) is 9.62. The van der Waals surface area contributed by atoms with Crippen molar-refractivity contribution in [2.24, 2.45) is 28.1 Å². The van der Waals surface area contributed by atoms with Crippen molar-refractivity contribution in [3.05, 3.63) is 29.8 Å². The molecule has 0 saturated carbocycles. The maximum absolute atomic E-state index is 13.3. The van der Waals surface area contributed by atoms with Crippen molar-refractivity contribution in [3.63, 3.8) is 0 Å². The molecule has 0 heterocycles. The molecule has 0 aliphatic rings. The number of phenols is 1. The van der Waals surface area contributed by atoms with Crippen molar-refractivity contribution in [2.45, 2.75) is 63.7 Å². The number of hydrogen-bond donors (Lipinski definition) is 9. The highest BCUT2D eigenvalue weighted by Crippen LogP contribution is 2.12. The Balaban J connectivity index is 3.14. The SMILES string of the molecule is CC(C)CC(N)C(=O)NC(CCCN=C(N)N)C(=O)NC(Cc1ccc(O)cc1)C(=O)NC(CS)C(=O)O. The fourth-order valence-electron chi connectivity index (χ4n) is 3.47. The minimum Gasteiger partial charge on any atom is -0.508 e. The molecule has 14 heteroatoms. The maximum atomic E-state index is 13.3. The van der Waals surface area contributed by atoms with E-state index in [2.05, 4.69) is 33.6 Å². The van der Waals surface area contributed by atoms with Gasteiger partial charge in [0.15, 0.2) is 5.96 Å². The molecule has 1 aromatic rings. The Morgan fingerprint density at radius 2 is 1.50 bits per heavy atom. The van der Waals surface area contributed by atoms with Crippen LogP contribution in [0.4, 0.5) is 0 Å². The third kappa shape index (κ3) is 12.1. The van der Waals surface area contributed by atoms with Crippen LogP contribution in [0, 0.1) is 5.92 Å². The molecule has 4 atom stereocenters. The number of aliphatic carboxylic acids is 1. The van der Waals surface area contributed by atoms with E-state index in [1.165, 1.54) is 12.1 Å². The highest BCUT2D eigenvalue weighted by atomic mass is 32.1. The van der Waals surface area contributed by atoms with Crippen molar-refractivity contribution in [2.75, 3.05) is 12.3 Å². The smallest absolute Gasteiger partial charge is 0.327 e. The molecule has 4 unspecified atom stereocenters. The number of amides is 3. The summed E-state index contributed by atoms with van der Waals surface area (Å²) in [5.41, 5.74) is 17.3. The summed E-state index contributed by atoms with van der Waals surface area (Å²) >= 11 is 3.95. The molecule has 0 spiro atoms. The summed E-state index contributed by atoms with van der Waals surface area (Å²) in [5.74, 6) is -3.35. The van der Waals surface area contributed by atoms with Gasteiger partial charge >= 0.3 is 5.97 Å². The molecule has 3 amide bonds. The number of hydrogen-bond acceptors (Lipinski definition) is 8. The zero-order valence-corrected chi connectivity index (χ0v) is 22.5. The number of rotatable bonds is 16. The van der Waals surface area contributed by atoms with E-state index in [4.69, 9.17) is 17.2 Å². The number of nitrogens with zero attached hydrogens (tertiary/aromatic N) is 1. The van der Waals surface area contributed by atoms with E-state index >= 15 is 0 Å². The number of nitrogens with two attached hydrogens (primary N) is 3. The van der Waals surface area contributed by atoms with Crippen LogP contribution in [0.2, 0.25) is 0 Å². The van der Waals surface area contributed by atoms with Crippen LogP contribution in [0.15, 0.2) is 29.3 Å². The van der Waals surface area contributed by atoms with Gasteiger partial charge in [0.1, 0.15) is 23.9 Å². The van der Waals surface area contributed by atoms with Crippen LogP contribution in [-0.4, -0.2) is 76.3 Å². The van der Waals surface area contributed by atoms with Crippen LogP contribution in [0.1, 0.15) is 38.7 Å². The number of nitrogens with one attached hydrogen (secondary N) is 3. The highest BCUT2D eigenvalue weighted by Gasteiger charge is 2.30. The fourth-order valence-corrected chi connectivity index (χ4v) is 3.72. The zero-order chi connectivity index (χ0) is 28.8. The number of aromatic hydroxyl groups is 1. The van der Waals surface area contributed by atoms with Crippen LogP contribution in [0.5, 0.6) is 5.75 Å². The molecule has 0 saturated heterocycles. The summed E-state index contributed by atoms with van der Waals surface area (Å²) in [7, 11) is 0. The number of carboxylic acid groups (broad SMARTS) is 1. The van der Waals surface area contributed by atoms with Crippen LogP contribution in [0.25, 0.3) is 0 Å². The quantitative estimate of drug-likeness (QED) is 0.0518. The van der Waals surface area contributed by atoms with E-state index in [0.717, 1.165) is 0 Å². The Hall–Kier alpha value is -3.52. The molecule has 1 aromatic carbocycles. The van der Waals surface area contributed by atoms with Gasteiger partial charge in [-0.1, -0.05) is 26.0 Å². The molecule has 0 radical (unpaired) electrons. The van der Waals surface area contributed by atoms with E-state index in [1.54, 1.807) is 12.1 Å². The van der Waals surface area contributed by atoms with Gasteiger partial charge < -0.3 is 43.4 Å². The van der Waals surface area contributed by atoms with Crippen LogP contribution in [0.3, 0.4) is 0 Å². The predicted molar refractivity (Wildman–Crippen MR) is 146 cm³/mol. The molecule has 0 aromatic heterocycles. The van der Waals surface area contributed by atoms with Gasteiger partial charge in [-0.3, -0.25) is 19.4 Å². The normalized spacial score (nSPS) is 14.0. The summed E-state index contributed by atoms with van der Waals surface area (Å²) in [4.78, 5) is 54.3. The fraction of sp³-hybridized carbons (Fsp3) is 0.542. The first-order valence-corrected chi connectivity index (χ1v) is 12.8. The molecule has 11 N–H and O–H groups in total. The molecule has 13 nitrogen and oxygen atoms in total. The van der Waals surface area contributed by atoms with Crippen molar-refractivity contribution in [1.29, 1.82) is 0 Å². The Kier molecular flexibility index (Phi) is 14.0. The number of aliphatic imine (C=N–C) groups is 1. The first-order valence-electron chi connectivity index (χ1n) is 12.2. The molecular weight excluding hydrogens is 514 g/mol. The van der Waals surface area contributed by atoms with Gasteiger partial charge in [-0.15, -0.1) is 0 Å². The maximum Gasteiger partial charge on any atom is 0.327 e. The van der Waals surface area contributed by atoms with Crippen LogP contribution >= 0.6 is 12.6 Å². The standard InChI is InChI=1S/C24H39N7O6S/c1-13(2)10-16(25)20(33)29-17(4-3-9-28-24(26)27)21(34)30-18(11-14-5-7-15(32)8-6-14)22(35)31-19(12-38)23(36)37/h5-8,13,16-19,32,38H,3-4,9-12,25H2,1-2H3,(H,29,33)(H,30,34)(H,31,35)(H,36,37)(H4,26,27,28). The average Bonchev–Trinajstić information content (AvgIpc) is 2.84. The molecule has 38 heavy (non-hydrogen) atoms. The topological polar surface area (TPSA) is 235 Å². The Morgan fingerprint density at radius 1 is 0.947 bits per heavy atom. The van der Waals surface area contributed by atoms with Gasteiger partial charge in [0.05, 0.1) is 6.04 Å². The van der Waals surface area contributed by atoms with E-state index in [9.17, 15) is 29.4 Å². The molecule has 0 fully saturated rings. The summed E-state index contributed by atoms with van der Waals surface area (Å²) in [6, 6.07) is 1.58. The van der Waals surface area contributed by atoms with Gasteiger partial charge in [0.2, 0.25) is 17.7 Å². The van der Waals surface area contributed by atoms with Gasteiger partial charge in [-0.05, 0) is 42.9 Å². The molecule has 0 aliphatic heterocycles. The van der Waals surface area contributed by atoms with E-state index in [0.29, 0.717) is 18.4 Å². The minimum absolute atomic E-state index is 0.0149. The molecule has 212 valence electrons. The minimum atomic E-state index is -1.29. The van der Waals surface area contributed by atoms with E-state index < -0.39 is 47.9 Å². The molecule has 1 rings (SSSR count). The summed E-state index contributed by atoms with van der Waals surface area (Å²) in [6.07, 6.45) is 0.870. The van der Waals surface area contributed by atoms with Crippen LogP contribution < -0.4 is 33.2 Å². The number of benzene rings is 1. The number of carbonyl (C=O) groups is 4. The third-order valence-corrected chi connectivity index (χ3v) is 5.81. The lowest BCUT2D eigenvalue weighted by molar-refractivity contribution is -0.141. The monoisotopic (exact) mass is 553 g/mol. The number of guanidine groups is 1.